The quantitative estimate of drug-likeness (QED) is 0.814. The van der Waals surface area contributed by atoms with Gasteiger partial charge < -0.3 is 15.2 Å². The van der Waals surface area contributed by atoms with E-state index in [0.29, 0.717) is 9.50 Å². The smallest absolute Gasteiger partial charge is 0.330 e. The Kier molecular flexibility index (Phi) is 5.58. The molecule has 0 heterocycles. The topological polar surface area (TPSA) is 75.6 Å². The standard InChI is InChI=1S/C11H11BrClNO4/c1-18-11(17)9(5-15)14-10(16)6-2-3-7(12)8(13)4-6/h2-4,9,15H,5H2,1H3,(H,14,16). The first kappa shape index (κ1) is 14.9. The Morgan fingerprint density at radius 1 is 1.56 bits per heavy atom. The second kappa shape index (κ2) is 6.72. The van der Waals surface area contributed by atoms with Crippen LogP contribution in [-0.4, -0.2) is 36.7 Å². The minimum absolute atomic E-state index is 0.283. The number of benzene rings is 1. The van der Waals surface area contributed by atoms with E-state index in [1.54, 1.807) is 6.07 Å². The van der Waals surface area contributed by atoms with E-state index < -0.39 is 24.5 Å². The maximum Gasteiger partial charge on any atom is 0.330 e. The summed E-state index contributed by atoms with van der Waals surface area (Å²) >= 11 is 9.05. The summed E-state index contributed by atoms with van der Waals surface area (Å²) in [6.45, 7) is -0.539. The van der Waals surface area contributed by atoms with Crippen molar-refractivity contribution in [1.29, 1.82) is 0 Å². The second-order valence-corrected chi connectivity index (χ2v) is 4.62. The molecular weight excluding hydrogens is 325 g/mol. The summed E-state index contributed by atoms with van der Waals surface area (Å²) in [6, 6.07) is 3.51. The molecule has 0 fully saturated rings. The molecule has 0 saturated carbocycles. The molecule has 0 radical (unpaired) electrons. The molecule has 1 aromatic rings. The highest BCUT2D eigenvalue weighted by Crippen LogP contribution is 2.23. The third-order valence-electron chi connectivity index (χ3n) is 2.16. The average Bonchev–Trinajstić information content (AvgIpc) is 2.37. The van der Waals surface area contributed by atoms with Crippen LogP contribution in [0.25, 0.3) is 0 Å². The molecule has 1 rings (SSSR count). The largest absolute Gasteiger partial charge is 0.467 e. The summed E-state index contributed by atoms with van der Waals surface area (Å²) in [7, 11) is 1.17. The van der Waals surface area contributed by atoms with Crippen molar-refractivity contribution in [2.45, 2.75) is 6.04 Å². The Morgan fingerprint density at radius 2 is 2.22 bits per heavy atom. The van der Waals surface area contributed by atoms with Crippen molar-refractivity contribution >= 4 is 39.4 Å². The number of nitrogens with one attached hydrogen (secondary N) is 1. The van der Waals surface area contributed by atoms with Gasteiger partial charge in [-0.05, 0) is 34.1 Å². The lowest BCUT2D eigenvalue weighted by Crippen LogP contribution is -2.44. The van der Waals surface area contributed by atoms with Gasteiger partial charge in [-0.1, -0.05) is 11.6 Å². The fraction of sp³-hybridized carbons (Fsp3) is 0.273. The first-order valence-corrected chi connectivity index (χ1v) is 6.11. The lowest BCUT2D eigenvalue weighted by molar-refractivity contribution is -0.143. The summed E-state index contributed by atoms with van der Waals surface area (Å²) in [5.41, 5.74) is 0.283. The zero-order chi connectivity index (χ0) is 13.7. The van der Waals surface area contributed by atoms with Gasteiger partial charge in [-0.25, -0.2) is 4.79 Å². The summed E-state index contributed by atoms with van der Waals surface area (Å²) in [6.07, 6.45) is 0. The van der Waals surface area contributed by atoms with Crippen molar-refractivity contribution in [3.63, 3.8) is 0 Å². The minimum atomic E-state index is -1.09. The summed E-state index contributed by atoms with van der Waals surface area (Å²) in [5, 5.41) is 11.7. The molecule has 0 bridgehead atoms. The molecular formula is C11H11BrClNO4. The zero-order valence-corrected chi connectivity index (χ0v) is 11.8. The van der Waals surface area contributed by atoms with Crippen molar-refractivity contribution in [1.82, 2.24) is 5.32 Å². The van der Waals surface area contributed by atoms with Gasteiger partial charge in [0, 0.05) is 10.0 Å². The van der Waals surface area contributed by atoms with Crippen molar-refractivity contribution in [3.8, 4) is 0 Å². The van der Waals surface area contributed by atoms with Crippen molar-refractivity contribution in [2.75, 3.05) is 13.7 Å². The molecule has 2 N–H and O–H groups in total. The summed E-state index contributed by atoms with van der Waals surface area (Å²) in [5.74, 6) is -1.23. The first-order valence-electron chi connectivity index (χ1n) is 4.94. The lowest BCUT2D eigenvalue weighted by atomic mass is 10.2. The monoisotopic (exact) mass is 335 g/mol. The van der Waals surface area contributed by atoms with E-state index in [9.17, 15) is 9.59 Å². The molecule has 0 aromatic heterocycles. The van der Waals surface area contributed by atoms with Crippen molar-refractivity contribution < 1.29 is 19.4 Å². The van der Waals surface area contributed by atoms with Crippen LogP contribution in [0, 0.1) is 0 Å². The normalized spacial score (nSPS) is 11.8. The van der Waals surface area contributed by atoms with E-state index in [2.05, 4.69) is 26.0 Å². The average molecular weight is 337 g/mol. The van der Waals surface area contributed by atoms with Gasteiger partial charge in [0.15, 0.2) is 6.04 Å². The van der Waals surface area contributed by atoms with Crippen LogP contribution in [0.5, 0.6) is 0 Å². The van der Waals surface area contributed by atoms with Gasteiger partial charge in [0.25, 0.3) is 5.91 Å². The molecule has 0 aliphatic heterocycles. The molecule has 1 amide bonds. The molecule has 0 aliphatic carbocycles. The Labute approximate surface area is 117 Å². The number of halogens is 2. The van der Waals surface area contributed by atoms with Crippen LogP contribution in [0.3, 0.4) is 0 Å². The number of carbonyl (C=O) groups excluding carboxylic acids is 2. The van der Waals surface area contributed by atoms with E-state index in [4.69, 9.17) is 16.7 Å². The molecule has 0 aliphatic rings. The van der Waals surface area contributed by atoms with Gasteiger partial charge in [0.2, 0.25) is 0 Å². The predicted octanol–water partition coefficient (Wildman–Crippen LogP) is 1.37. The van der Waals surface area contributed by atoms with Gasteiger partial charge in [0.1, 0.15) is 0 Å². The van der Waals surface area contributed by atoms with Gasteiger partial charge in [-0.3, -0.25) is 4.79 Å². The van der Waals surface area contributed by atoms with Crippen LogP contribution in [0.4, 0.5) is 0 Å². The number of ether oxygens (including phenoxy) is 1. The van der Waals surface area contributed by atoms with E-state index in [1.165, 1.54) is 19.2 Å². The third-order valence-corrected chi connectivity index (χ3v) is 3.39. The van der Waals surface area contributed by atoms with E-state index in [1.807, 2.05) is 0 Å². The minimum Gasteiger partial charge on any atom is -0.467 e. The van der Waals surface area contributed by atoms with Crippen LogP contribution >= 0.6 is 27.5 Å². The maximum atomic E-state index is 11.8. The molecule has 1 aromatic carbocycles. The third kappa shape index (κ3) is 3.69. The van der Waals surface area contributed by atoms with Gasteiger partial charge in [0.05, 0.1) is 18.7 Å². The zero-order valence-electron chi connectivity index (χ0n) is 9.44. The number of methoxy groups -OCH3 is 1. The number of rotatable bonds is 4. The number of amides is 1. The van der Waals surface area contributed by atoms with Gasteiger partial charge in [-0.2, -0.15) is 0 Å². The Morgan fingerprint density at radius 3 is 2.72 bits per heavy atom. The molecule has 5 nitrogen and oxygen atoms in total. The second-order valence-electron chi connectivity index (χ2n) is 3.36. The maximum absolute atomic E-state index is 11.8. The SMILES string of the molecule is COC(=O)C(CO)NC(=O)c1ccc(Br)c(Cl)c1. The van der Waals surface area contributed by atoms with Crippen LogP contribution in [0.15, 0.2) is 22.7 Å². The van der Waals surface area contributed by atoms with Crippen molar-refractivity contribution in [2.24, 2.45) is 0 Å². The molecule has 0 saturated heterocycles. The Hall–Kier alpha value is -1.11. The van der Waals surface area contributed by atoms with Gasteiger partial charge >= 0.3 is 5.97 Å². The fourth-order valence-electron chi connectivity index (χ4n) is 1.20. The molecule has 0 spiro atoms. The van der Waals surface area contributed by atoms with Crippen LogP contribution in [0.1, 0.15) is 10.4 Å². The highest BCUT2D eigenvalue weighted by atomic mass is 79.9. The molecule has 98 valence electrons. The van der Waals surface area contributed by atoms with E-state index in [0.717, 1.165) is 0 Å². The number of aliphatic hydroxyl groups excluding tert-OH is 1. The number of hydrogen-bond acceptors (Lipinski definition) is 4. The Bertz CT molecular complexity index is 466. The molecule has 7 heteroatoms. The highest BCUT2D eigenvalue weighted by Gasteiger charge is 2.21. The number of aliphatic hydroxyl groups is 1. The summed E-state index contributed by atoms with van der Waals surface area (Å²) < 4.78 is 5.10. The number of hydrogen-bond donors (Lipinski definition) is 2. The van der Waals surface area contributed by atoms with E-state index >= 15 is 0 Å². The van der Waals surface area contributed by atoms with Crippen molar-refractivity contribution in [3.05, 3.63) is 33.3 Å². The van der Waals surface area contributed by atoms with Crippen LogP contribution in [0.2, 0.25) is 5.02 Å². The van der Waals surface area contributed by atoms with Gasteiger partial charge in [-0.15, -0.1) is 0 Å². The van der Waals surface area contributed by atoms with Crippen LogP contribution in [-0.2, 0) is 9.53 Å². The Balaban J connectivity index is 2.81. The number of carbonyl (C=O) groups is 2. The molecule has 1 atom stereocenters. The number of esters is 1. The molecule has 1 unspecified atom stereocenters. The molecule has 18 heavy (non-hydrogen) atoms. The highest BCUT2D eigenvalue weighted by molar-refractivity contribution is 9.10. The summed E-state index contributed by atoms with van der Waals surface area (Å²) in [4.78, 5) is 23.0. The first-order chi connectivity index (χ1) is 8.49. The van der Waals surface area contributed by atoms with Crippen LogP contribution < -0.4 is 5.32 Å². The van der Waals surface area contributed by atoms with E-state index in [-0.39, 0.29) is 5.56 Å². The lowest BCUT2D eigenvalue weighted by Gasteiger charge is -2.13. The predicted molar refractivity (Wildman–Crippen MR) is 69.5 cm³/mol. The fourth-order valence-corrected chi connectivity index (χ4v) is 1.63.